The Morgan fingerprint density at radius 2 is 2.10 bits per heavy atom. The maximum atomic E-state index is 12.7. The number of anilines is 1. The van der Waals surface area contributed by atoms with Gasteiger partial charge in [0, 0.05) is 11.6 Å². The minimum absolute atomic E-state index is 0.0324. The van der Waals surface area contributed by atoms with Crippen molar-refractivity contribution >= 4 is 33.5 Å². The minimum Gasteiger partial charge on any atom is -0.461 e. The highest BCUT2D eigenvalue weighted by molar-refractivity contribution is 9.09. The van der Waals surface area contributed by atoms with Crippen molar-refractivity contribution in [1.29, 1.82) is 0 Å². The molecule has 0 spiro atoms. The Morgan fingerprint density at radius 3 is 2.86 bits per heavy atom. The summed E-state index contributed by atoms with van der Waals surface area (Å²) in [7, 11) is 0. The normalized spacial score (nSPS) is 39.4. The van der Waals surface area contributed by atoms with Crippen molar-refractivity contribution in [3.63, 3.8) is 0 Å². The Morgan fingerprint density at radius 1 is 1.33 bits per heavy atom. The first kappa shape index (κ1) is 13.3. The number of hydrogen-bond donors (Lipinski definition) is 1. The lowest BCUT2D eigenvalue weighted by atomic mass is 9.79. The number of amides is 1. The molecule has 5 heteroatoms. The van der Waals surface area contributed by atoms with Crippen LogP contribution in [0.2, 0.25) is 0 Å². The summed E-state index contributed by atoms with van der Waals surface area (Å²) in [6, 6.07) is 7.69. The second kappa shape index (κ2) is 4.57. The average molecular weight is 350 g/mol. The molecular formula is C16H16BrNO3. The summed E-state index contributed by atoms with van der Waals surface area (Å²) < 4.78 is 5.44. The lowest BCUT2D eigenvalue weighted by Gasteiger charge is -2.27. The van der Waals surface area contributed by atoms with Crippen LogP contribution in [0.3, 0.4) is 0 Å². The van der Waals surface area contributed by atoms with Crippen molar-refractivity contribution < 1.29 is 14.3 Å². The molecule has 1 saturated heterocycles. The molecular weight excluding hydrogens is 334 g/mol. The largest absolute Gasteiger partial charge is 0.461 e. The van der Waals surface area contributed by atoms with Crippen molar-refractivity contribution in [2.75, 3.05) is 5.32 Å². The van der Waals surface area contributed by atoms with Crippen LogP contribution >= 0.6 is 15.9 Å². The van der Waals surface area contributed by atoms with Crippen LogP contribution in [0.4, 0.5) is 5.69 Å². The van der Waals surface area contributed by atoms with E-state index in [1.54, 1.807) is 0 Å². The van der Waals surface area contributed by atoms with Gasteiger partial charge in [-0.05, 0) is 30.9 Å². The number of rotatable bonds is 2. The average Bonchev–Trinajstić information content (AvgIpc) is 3.05. The van der Waals surface area contributed by atoms with Crippen LogP contribution in [0, 0.1) is 30.6 Å². The summed E-state index contributed by atoms with van der Waals surface area (Å²) in [5.41, 5.74) is 1.84. The Balaban J connectivity index is 1.61. The molecule has 1 aromatic carbocycles. The molecule has 110 valence electrons. The Kier molecular flexibility index (Phi) is 2.89. The highest BCUT2D eigenvalue weighted by Crippen LogP contribution is 2.60. The highest BCUT2D eigenvalue weighted by atomic mass is 79.9. The molecule has 21 heavy (non-hydrogen) atoms. The SMILES string of the molecule is Cc1ccccc1NC(=O)[C@@H]1[C@H]2C[C@H]3[C@H](OC(=O)[C@H]31)[C@@H]2Br. The Hall–Kier alpha value is -1.36. The molecule has 1 amide bonds. The third-order valence-corrected chi connectivity index (χ3v) is 6.43. The van der Waals surface area contributed by atoms with E-state index in [9.17, 15) is 9.59 Å². The summed E-state index contributed by atoms with van der Waals surface area (Å²) in [5.74, 6) is -0.369. The molecule has 4 nitrogen and oxygen atoms in total. The number of hydrogen-bond acceptors (Lipinski definition) is 3. The van der Waals surface area contributed by atoms with Gasteiger partial charge in [-0.2, -0.15) is 0 Å². The number of halogens is 1. The third kappa shape index (κ3) is 1.79. The molecule has 3 fully saturated rings. The number of para-hydroxylation sites is 1. The number of fused-ring (bicyclic) bond motifs is 1. The molecule has 2 bridgehead atoms. The van der Waals surface area contributed by atoms with Gasteiger partial charge in [-0.1, -0.05) is 34.1 Å². The second-order valence-electron chi connectivity index (χ2n) is 6.27. The first-order chi connectivity index (χ1) is 10.1. The van der Waals surface area contributed by atoms with Crippen molar-refractivity contribution in [3.05, 3.63) is 29.8 Å². The third-order valence-electron chi connectivity index (χ3n) is 5.23. The highest BCUT2D eigenvalue weighted by Gasteiger charge is 2.67. The van der Waals surface area contributed by atoms with Gasteiger partial charge in [0.15, 0.2) is 0 Å². The van der Waals surface area contributed by atoms with E-state index >= 15 is 0 Å². The smallest absolute Gasteiger partial charge is 0.310 e. The summed E-state index contributed by atoms with van der Waals surface area (Å²) in [6.07, 6.45) is 0.873. The number of aryl methyl sites for hydroxylation is 1. The van der Waals surface area contributed by atoms with Crippen molar-refractivity contribution in [3.8, 4) is 0 Å². The lowest BCUT2D eigenvalue weighted by Crippen LogP contribution is -2.40. The lowest BCUT2D eigenvalue weighted by molar-refractivity contribution is -0.145. The van der Waals surface area contributed by atoms with Gasteiger partial charge in [0.1, 0.15) is 6.10 Å². The zero-order valence-corrected chi connectivity index (χ0v) is 13.2. The van der Waals surface area contributed by atoms with Crippen molar-refractivity contribution in [2.45, 2.75) is 24.3 Å². The van der Waals surface area contributed by atoms with Gasteiger partial charge < -0.3 is 10.1 Å². The van der Waals surface area contributed by atoms with Crippen LogP contribution in [0.15, 0.2) is 24.3 Å². The van der Waals surface area contributed by atoms with Crippen LogP contribution in [0.25, 0.3) is 0 Å². The van der Waals surface area contributed by atoms with Crippen LogP contribution in [0.5, 0.6) is 0 Å². The zero-order valence-electron chi connectivity index (χ0n) is 11.6. The quantitative estimate of drug-likeness (QED) is 0.659. The van der Waals surface area contributed by atoms with E-state index in [1.165, 1.54) is 0 Å². The van der Waals surface area contributed by atoms with Crippen LogP contribution in [-0.2, 0) is 14.3 Å². The fourth-order valence-electron chi connectivity index (χ4n) is 4.26. The molecule has 0 radical (unpaired) electrons. The number of alkyl halides is 1. The monoisotopic (exact) mass is 349 g/mol. The van der Waals surface area contributed by atoms with E-state index in [0.29, 0.717) is 0 Å². The van der Waals surface area contributed by atoms with E-state index < -0.39 is 0 Å². The van der Waals surface area contributed by atoms with Gasteiger partial charge in [0.25, 0.3) is 0 Å². The fourth-order valence-corrected chi connectivity index (χ4v) is 5.30. The molecule has 0 unspecified atom stereocenters. The van der Waals surface area contributed by atoms with Gasteiger partial charge in [-0.25, -0.2) is 0 Å². The van der Waals surface area contributed by atoms with Gasteiger partial charge in [-0.15, -0.1) is 0 Å². The summed E-state index contributed by atoms with van der Waals surface area (Å²) in [4.78, 5) is 24.9. The second-order valence-corrected chi connectivity index (χ2v) is 7.32. The molecule has 4 rings (SSSR count). The van der Waals surface area contributed by atoms with E-state index in [1.807, 2.05) is 31.2 Å². The zero-order chi connectivity index (χ0) is 14.7. The number of nitrogens with one attached hydrogen (secondary N) is 1. The van der Waals surface area contributed by atoms with E-state index in [-0.39, 0.29) is 46.5 Å². The molecule has 2 aliphatic carbocycles. The van der Waals surface area contributed by atoms with Crippen LogP contribution in [0.1, 0.15) is 12.0 Å². The Bertz CT molecular complexity index is 632. The number of benzene rings is 1. The maximum Gasteiger partial charge on any atom is 0.310 e. The van der Waals surface area contributed by atoms with Gasteiger partial charge >= 0.3 is 5.97 Å². The van der Waals surface area contributed by atoms with E-state index in [4.69, 9.17) is 4.74 Å². The number of carbonyl (C=O) groups is 2. The summed E-state index contributed by atoms with van der Waals surface area (Å²) in [6.45, 7) is 1.96. The standard InChI is InChI=1S/C16H16BrNO3/c1-7-4-2-3-5-10(7)18-15(19)11-8-6-9-12(11)16(20)21-14(9)13(8)17/h2-5,8-9,11-14H,6H2,1H3,(H,18,19)/t8-,9-,11-,12-,13-,14+/m1/s1. The van der Waals surface area contributed by atoms with Crippen molar-refractivity contribution in [2.24, 2.45) is 23.7 Å². The molecule has 0 aromatic heterocycles. The van der Waals surface area contributed by atoms with Crippen LogP contribution in [-0.4, -0.2) is 22.8 Å². The predicted molar refractivity (Wildman–Crippen MR) is 81.0 cm³/mol. The minimum atomic E-state index is -0.273. The Labute approximate surface area is 131 Å². The summed E-state index contributed by atoms with van der Waals surface area (Å²) in [5, 5.41) is 2.99. The van der Waals surface area contributed by atoms with Crippen molar-refractivity contribution in [1.82, 2.24) is 0 Å². The van der Waals surface area contributed by atoms with E-state index in [0.717, 1.165) is 17.7 Å². The molecule has 3 aliphatic rings. The van der Waals surface area contributed by atoms with Gasteiger partial charge in [0.2, 0.25) is 5.91 Å². The number of ether oxygens (including phenoxy) is 1. The topological polar surface area (TPSA) is 55.4 Å². The number of esters is 1. The number of carbonyl (C=O) groups excluding carboxylic acids is 2. The predicted octanol–water partition coefficient (Wildman–Crippen LogP) is 2.50. The van der Waals surface area contributed by atoms with Gasteiger partial charge in [0.05, 0.1) is 16.7 Å². The summed E-state index contributed by atoms with van der Waals surface area (Å²) >= 11 is 3.63. The van der Waals surface area contributed by atoms with E-state index in [2.05, 4.69) is 21.2 Å². The molecule has 2 saturated carbocycles. The van der Waals surface area contributed by atoms with Crippen LogP contribution < -0.4 is 5.32 Å². The first-order valence-electron chi connectivity index (χ1n) is 7.29. The molecule has 1 heterocycles. The molecule has 1 aromatic rings. The maximum absolute atomic E-state index is 12.7. The molecule has 1 aliphatic heterocycles. The molecule has 1 N–H and O–H groups in total. The first-order valence-corrected chi connectivity index (χ1v) is 8.20. The fraction of sp³-hybridized carbons (Fsp3) is 0.500. The van der Waals surface area contributed by atoms with Gasteiger partial charge in [-0.3, -0.25) is 9.59 Å². The molecule has 6 atom stereocenters.